The van der Waals surface area contributed by atoms with E-state index in [1.807, 2.05) is 49.4 Å². The maximum absolute atomic E-state index is 5.54. The molecule has 0 atom stereocenters. The van der Waals surface area contributed by atoms with Gasteiger partial charge < -0.3 is 9.84 Å². The summed E-state index contributed by atoms with van der Waals surface area (Å²) >= 11 is 0. The third kappa shape index (κ3) is 2.69. The van der Waals surface area contributed by atoms with E-state index in [1.54, 1.807) is 6.20 Å². The predicted octanol–water partition coefficient (Wildman–Crippen LogP) is 4.61. The summed E-state index contributed by atoms with van der Waals surface area (Å²) in [5.41, 5.74) is 4.25. The highest BCUT2D eigenvalue weighted by Gasteiger charge is 2.29. The number of nitrogens with zero attached hydrogens (tertiary/aromatic N) is 4. The van der Waals surface area contributed by atoms with Crippen molar-refractivity contribution in [1.82, 2.24) is 20.1 Å². The van der Waals surface area contributed by atoms with Crippen molar-refractivity contribution in [3.05, 3.63) is 60.2 Å². The summed E-state index contributed by atoms with van der Waals surface area (Å²) in [6.45, 7) is 1.96. The number of aryl methyl sites for hydroxylation is 1. The summed E-state index contributed by atoms with van der Waals surface area (Å²) in [4.78, 5) is 13.6. The average molecular weight is 343 g/mol. The van der Waals surface area contributed by atoms with Gasteiger partial charge in [0, 0.05) is 28.9 Å². The number of benzene rings is 1. The molecule has 0 unspecified atom stereocenters. The number of nitrogens with one attached hydrogen (secondary N) is 1. The first kappa shape index (κ1) is 15.0. The second-order valence-electron chi connectivity index (χ2n) is 6.59. The van der Waals surface area contributed by atoms with Crippen molar-refractivity contribution in [1.29, 1.82) is 0 Å². The van der Waals surface area contributed by atoms with Crippen LogP contribution in [-0.2, 0) is 0 Å². The molecule has 26 heavy (non-hydrogen) atoms. The third-order valence-corrected chi connectivity index (χ3v) is 4.53. The van der Waals surface area contributed by atoms with Gasteiger partial charge in [0.1, 0.15) is 0 Å². The SMILES string of the molecule is Cc1ccc2c(Nc3ccccc3)c(-c3nc(C4CC4)no3)cnc2n1. The molecule has 128 valence electrons. The molecule has 0 spiro atoms. The smallest absolute Gasteiger partial charge is 0.261 e. The number of rotatable bonds is 4. The zero-order chi connectivity index (χ0) is 17.5. The molecule has 5 rings (SSSR count). The zero-order valence-corrected chi connectivity index (χ0v) is 14.3. The molecule has 6 heteroatoms. The number of aromatic nitrogens is 4. The summed E-state index contributed by atoms with van der Waals surface area (Å²) in [7, 11) is 0. The molecule has 0 saturated heterocycles. The van der Waals surface area contributed by atoms with Crippen LogP contribution >= 0.6 is 0 Å². The Morgan fingerprint density at radius 1 is 1.04 bits per heavy atom. The van der Waals surface area contributed by atoms with E-state index in [1.165, 1.54) is 0 Å². The minimum atomic E-state index is 0.441. The van der Waals surface area contributed by atoms with Crippen LogP contribution in [0.4, 0.5) is 11.4 Å². The molecule has 0 bridgehead atoms. The molecule has 0 amide bonds. The van der Waals surface area contributed by atoms with E-state index in [9.17, 15) is 0 Å². The van der Waals surface area contributed by atoms with Crippen LogP contribution in [0.1, 0.15) is 30.3 Å². The highest BCUT2D eigenvalue weighted by atomic mass is 16.5. The van der Waals surface area contributed by atoms with Gasteiger partial charge in [0.25, 0.3) is 5.89 Å². The van der Waals surface area contributed by atoms with E-state index < -0.39 is 0 Å². The lowest BCUT2D eigenvalue weighted by Gasteiger charge is -2.12. The summed E-state index contributed by atoms with van der Waals surface area (Å²) in [5, 5.41) is 8.54. The Morgan fingerprint density at radius 3 is 2.69 bits per heavy atom. The van der Waals surface area contributed by atoms with Gasteiger partial charge in [0.05, 0.1) is 11.3 Å². The fraction of sp³-hybridized carbons (Fsp3) is 0.200. The number of hydrogen-bond acceptors (Lipinski definition) is 6. The van der Waals surface area contributed by atoms with Gasteiger partial charge in [-0.25, -0.2) is 9.97 Å². The Labute approximate surface area is 150 Å². The van der Waals surface area contributed by atoms with E-state index in [0.717, 1.165) is 46.7 Å². The quantitative estimate of drug-likeness (QED) is 0.583. The highest BCUT2D eigenvalue weighted by Crippen LogP contribution is 2.40. The Morgan fingerprint density at radius 2 is 1.88 bits per heavy atom. The van der Waals surface area contributed by atoms with Crippen LogP contribution < -0.4 is 5.32 Å². The fourth-order valence-corrected chi connectivity index (χ4v) is 2.99. The second kappa shape index (κ2) is 5.91. The lowest BCUT2D eigenvalue weighted by Crippen LogP contribution is -1.98. The minimum Gasteiger partial charge on any atom is -0.354 e. The molecule has 1 N–H and O–H groups in total. The molecular weight excluding hydrogens is 326 g/mol. The third-order valence-electron chi connectivity index (χ3n) is 4.53. The van der Waals surface area contributed by atoms with Crippen molar-refractivity contribution in [2.24, 2.45) is 0 Å². The first-order chi connectivity index (χ1) is 12.8. The lowest BCUT2D eigenvalue weighted by atomic mass is 10.1. The van der Waals surface area contributed by atoms with Gasteiger partial charge in [-0.2, -0.15) is 4.98 Å². The first-order valence-corrected chi connectivity index (χ1v) is 8.70. The molecule has 1 fully saturated rings. The molecular formula is C20H17N5O. The highest BCUT2D eigenvalue weighted by molar-refractivity contribution is 5.98. The topological polar surface area (TPSA) is 76.7 Å². The van der Waals surface area contributed by atoms with Crippen LogP contribution in [-0.4, -0.2) is 20.1 Å². The zero-order valence-electron chi connectivity index (χ0n) is 14.3. The Hall–Kier alpha value is -3.28. The summed E-state index contributed by atoms with van der Waals surface area (Å²) in [5.74, 6) is 1.71. The van der Waals surface area contributed by atoms with Crippen molar-refractivity contribution >= 4 is 22.4 Å². The first-order valence-electron chi connectivity index (χ1n) is 8.70. The monoisotopic (exact) mass is 343 g/mol. The normalized spacial score (nSPS) is 13.9. The molecule has 1 aliphatic carbocycles. The van der Waals surface area contributed by atoms with E-state index >= 15 is 0 Å². The van der Waals surface area contributed by atoms with Gasteiger partial charge in [-0.1, -0.05) is 23.4 Å². The molecule has 0 aliphatic heterocycles. The van der Waals surface area contributed by atoms with Crippen LogP contribution in [0.5, 0.6) is 0 Å². The summed E-state index contributed by atoms with van der Waals surface area (Å²) in [6, 6.07) is 14.0. The number of fused-ring (bicyclic) bond motifs is 1. The number of anilines is 2. The Kier molecular flexibility index (Phi) is 3.41. The molecule has 1 aromatic carbocycles. The number of para-hydroxylation sites is 1. The molecule has 1 saturated carbocycles. The average Bonchev–Trinajstić information content (AvgIpc) is 3.40. The molecule has 0 radical (unpaired) electrons. The maximum atomic E-state index is 5.54. The number of pyridine rings is 2. The number of hydrogen-bond donors (Lipinski definition) is 1. The largest absolute Gasteiger partial charge is 0.354 e. The van der Waals surface area contributed by atoms with Crippen molar-refractivity contribution < 1.29 is 4.52 Å². The van der Waals surface area contributed by atoms with Crippen LogP contribution in [0.3, 0.4) is 0 Å². The predicted molar refractivity (Wildman–Crippen MR) is 99.3 cm³/mol. The maximum Gasteiger partial charge on any atom is 0.261 e. The Balaban J connectivity index is 1.68. The molecule has 3 heterocycles. The van der Waals surface area contributed by atoms with Crippen LogP contribution in [0.25, 0.3) is 22.5 Å². The van der Waals surface area contributed by atoms with Crippen molar-refractivity contribution in [2.45, 2.75) is 25.7 Å². The van der Waals surface area contributed by atoms with Crippen LogP contribution in [0.2, 0.25) is 0 Å². The van der Waals surface area contributed by atoms with Gasteiger partial charge in [-0.15, -0.1) is 0 Å². The van der Waals surface area contributed by atoms with Gasteiger partial charge >= 0.3 is 0 Å². The molecule has 3 aromatic heterocycles. The van der Waals surface area contributed by atoms with Crippen molar-refractivity contribution in [3.8, 4) is 11.5 Å². The van der Waals surface area contributed by atoms with E-state index in [0.29, 0.717) is 17.5 Å². The van der Waals surface area contributed by atoms with E-state index in [4.69, 9.17) is 4.52 Å². The van der Waals surface area contributed by atoms with Gasteiger partial charge in [0.15, 0.2) is 11.5 Å². The molecule has 1 aliphatic rings. The molecule has 4 aromatic rings. The second-order valence-corrected chi connectivity index (χ2v) is 6.59. The Bertz CT molecular complexity index is 1090. The standard InChI is InChI=1S/C20H17N5O/c1-12-7-10-15-17(23-14-5-3-2-4-6-14)16(11-21-19(15)22-12)20-24-18(25-26-20)13-8-9-13/h2-7,10-11,13H,8-9H2,1H3,(H,21,22,23). The van der Waals surface area contributed by atoms with Crippen LogP contribution in [0, 0.1) is 6.92 Å². The van der Waals surface area contributed by atoms with E-state index in [-0.39, 0.29) is 0 Å². The molecule has 6 nitrogen and oxygen atoms in total. The van der Waals surface area contributed by atoms with Gasteiger partial charge in [0.2, 0.25) is 0 Å². The van der Waals surface area contributed by atoms with Crippen molar-refractivity contribution in [2.75, 3.05) is 5.32 Å². The van der Waals surface area contributed by atoms with Gasteiger partial charge in [-0.05, 0) is 44.0 Å². The summed E-state index contributed by atoms with van der Waals surface area (Å²) in [6.07, 6.45) is 4.02. The fourth-order valence-electron chi connectivity index (χ4n) is 2.99. The van der Waals surface area contributed by atoms with E-state index in [2.05, 4.69) is 25.4 Å². The van der Waals surface area contributed by atoms with Crippen LogP contribution in [0.15, 0.2) is 53.2 Å². The van der Waals surface area contributed by atoms with Gasteiger partial charge in [-0.3, -0.25) is 0 Å². The summed E-state index contributed by atoms with van der Waals surface area (Å²) < 4.78 is 5.54. The van der Waals surface area contributed by atoms with Crippen molar-refractivity contribution in [3.63, 3.8) is 0 Å². The minimum absolute atomic E-state index is 0.441. The lowest BCUT2D eigenvalue weighted by molar-refractivity contribution is 0.423.